The molecule has 0 saturated heterocycles. The van der Waals surface area contributed by atoms with Gasteiger partial charge in [0.25, 0.3) is 0 Å². The highest BCUT2D eigenvalue weighted by Crippen LogP contribution is 2.16. The van der Waals surface area contributed by atoms with Crippen LogP contribution in [-0.2, 0) is 0 Å². The number of aryl methyl sites for hydroxylation is 2. The van der Waals surface area contributed by atoms with E-state index in [0.717, 1.165) is 11.3 Å². The molecule has 0 aliphatic rings. The van der Waals surface area contributed by atoms with E-state index in [2.05, 4.69) is 16.2 Å². The second-order valence-electron chi connectivity index (χ2n) is 3.84. The minimum atomic E-state index is -1.11. The summed E-state index contributed by atoms with van der Waals surface area (Å²) >= 11 is 0. The molecule has 2 aromatic heterocycles. The molecule has 0 saturated carbocycles. The van der Waals surface area contributed by atoms with Gasteiger partial charge in [-0.3, -0.25) is 0 Å². The molecule has 0 spiro atoms. The van der Waals surface area contributed by atoms with E-state index >= 15 is 0 Å². The number of hydrogen-bond acceptors (Lipinski definition) is 4. The first kappa shape index (κ1) is 11.8. The number of pyridine rings is 1. The van der Waals surface area contributed by atoms with Crippen LogP contribution in [0.5, 0.6) is 0 Å². The van der Waals surface area contributed by atoms with E-state index in [4.69, 9.17) is 10.4 Å². The predicted molar refractivity (Wildman–Crippen MR) is 62.5 cm³/mol. The second-order valence-corrected chi connectivity index (χ2v) is 3.84. The van der Waals surface area contributed by atoms with Crippen molar-refractivity contribution in [3.05, 3.63) is 40.8 Å². The van der Waals surface area contributed by atoms with Crippen LogP contribution in [0.2, 0.25) is 0 Å². The third-order valence-electron chi connectivity index (χ3n) is 2.46. The number of aromatic nitrogens is 3. The number of nitriles is 1. The molecule has 0 aliphatic carbocycles. The Balaban J connectivity index is 2.63. The summed E-state index contributed by atoms with van der Waals surface area (Å²) in [5, 5.41) is 21.8. The maximum absolute atomic E-state index is 10.8. The van der Waals surface area contributed by atoms with E-state index in [9.17, 15) is 4.79 Å². The second kappa shape index (κ2) is 4.30. The molecule has 0 aromatic carbocycles. The molecule has 0 unspecified atom stereocenters. The van der Waals surface area contributed by atoms with Gasteiger partial charge in [0, 0.05) is 11.9 Å². The first-order valence-corrected chi connectivity index (χ1v) is 5.20. The van der Waals surface area contributed by atoms with Crippen LogP contribution in [0.4, 0.5) is 0 Å². The van der Waals surface area contributed by atoms with Crippen LogP contribution >= 0.6 is 0 Å². The number of nitrogens with zero attached hydrogens (tertiary/aromatic N) is 4. The highest BCUT2D eigenvalue weighted by molar-refractivity contribution is 5.85. The van der Waals surface area contributed by atoms with E-state index in [1.54, 1.807) is 19.9 Å². The van der Waals surface area contributed by atoms with Crippen molar-refractivity contribution in [1.29, 1.82) is 5.26 Å². The van der Waals surface area contributed by atoms with Gasteiger partial charge in [-0.2, -0.15) is 10.4 Å². The van der Waals surface area contributed by atoms with Crippen LogP contribution in [0, 0.1) is 25.2 Å². The fourth-order valence-corrected chi connectivity index (χ4v) is 1.68. The summed E-state index contributed by atoms with van der Waals surface area (Å²) in [5.41, 5.74) is 1.83. The Labute approximate surface area is 103 Å². The molecule has 0 fully saturated rings. The zero-order valence-electron chi connectivity index (χ0n) is 9.88. The number of hydrogen-bond donors (Lipinski definition) is 1. The van der Waals surface area contributed by atoms with Crippen LogP contribution in [-0.4, -0.2) is 25.8 Å². The zero-order valence-corrected chi connectivity index (χ0v) is 9.88. The smallest absolute Gasteiger partial charge is 0.356 e. The summed E-state index contributed by atoms with van der Waals surface area (Å²) in [6.07, 6.45) is 1.48. The summed E-state index contributed by atoms with van der Waals surface area (Å²) in [4.78, 5) is 15.0. The van der Waals surface area contributed by atoms with Gasteiger partial charge in [-0.15, -0.1) is 0 Å². The Bertz CT molecular complexity index is 667. The monoisotopic (exact) mass is 242 g/mol. The Morgan fingerprint density at radius 3 is 2.78 bits per heavy atom. The highest BCUT2D eigenvalue weighted by Gasteiger charge is 2.13. The number of carboxylic acids is 1. The van der Waals surface area contributed by atoms with Gasteiger partial charge in [-0.05, 0) is 31.5 Å². The molecule has 18 heavy (non-hydrogen) atoms. The molecule has 2 rings (SSSR count). The number of rotatable bonds is 2. The largest absolute Gasteiger partial charge is 0.476 e. The van der Waals surface area contributed by atoms with Crippen LogP contribution in [0.25, 0.3) is 5.82 Å². The normalized spacial score (nSPS) is 10.1. The van der Waals surface area contributed by atoms with Crippen molar-refractivity contribution < 1.29 is 9.90 Å². The molecule has 6 nitrogen and oxygen atoms in total. The third-order valence-corrected chi connectivity index (χ3v) is 2.46. The van der Waals surface area contributed by atoms with Crippen molar-refractivity contribution in [1.82, 2.24) is 14.8 Å². The van der Waals surface area contributed by atoms with E-state index < -0.39 is 5.97 Å². The van der Waals surface area contributed by atoms with E-state index in [1.807, 2.05) is 0 Å². The highest BCUT2D eigenvalue weighted by atomic mass is 16.4. The van der Waals surface area contributed by atoms with Gasteiger partial charge in [-0.25, -0.2) is 14.5 Å². The lowest BCUT2D eigenvalue weighted by molar-refractivity contribution is 0.0690. The topological polar surface area (TPSA) is 91.8 Å². The van der Waals surface area contributed by atoms with Crippen LogP contribution in [0.1, 0.15) is 27.3 Å². The van der Waals surface area contributed by atoms with Crippen LogP contribution < -0.4 is 0 Å². The molecule has 0 radical (unpaired) electrons. The van der Waals surface area contributed by atoms with Gasteiger partial charge in [0.05, 0.1) is 5.56 Å². The molecule has 1 N–H and O–H groups in total. The van der Waals surface area contributed by atoms with E-state index in [1.165, 1.54) is 16.9 Å². The summed E-state index contributed by atoms with van der Waals surface area (Å²) in [7, 11) is 0. The number of carboxylic acid groups (broad SMARTS) is 1. The lowest BCUT2D eigenvalue weighted by Gasteiger charge is -2.07. The number of aromatic carboxylic acids is 1. The molecular weight excluding hydrogens is 232 g/mol. The Kier molecular flexibility index (Phi) is 2.81. The summed E-state index contributed by atoms with van der Waals surface area (Å²) in [6.45, 7) is 3.61. The van der Waals surface area contributed by atoms with Gasteiger partial charge in [-0.1, -0.05) is 0 Å². The predicted octanol–water partition coefficient (Wildman–Crippen LogP) is 1.45. The zero-order chi connectivity index (χ0) is 13.3. The molecule has 0 atom stereocenters. The van der Waals surface area contributed by atoms with Crippen molar-refractivity contribution in [3.63, 3.8) is 0 Å². The van der Waals surface area contributed by atoms with Crippen LogP contribution in [0.15, 0.2) is 18.3 Å². The number of carbonyl (C=O) groups is 1. The molecule has 0 bridgehead atoms. The van der Waals surface area contributed by atoms with E-state index in [0.29, 0.717) is 11.4 Å². The Morgan fingerprint density at radius 2 is 2.22 bits per heavy atom. The van der Waals surface area contributed by atoms with E-state index in [-0.39, 0.29) is 5.69 Å². The lowest BCUT2D eigenvalue weighted by Crippen LogP contribution is -2.06. The first-order valence-electron chi connectivity index (χ1n) is 5.20. The standard InChI is InChI=1S/C12H10N4O2/c1-7-5-8(2)14-11(9(7)6-13)16-4-3-10(15-16)12(17)18/h3-5H,1-2H3,(H,17,18). The molecule has 2 aromatic rings. The molecule has 0 aliphatic heterocycles. The first-order chi connectivity index (χ1) is 8.52. The third kappa shape index (κ3) is 1.94. The van der Waals surface area contributed by atoms with Crippen molar-refractivity contribution >= 4 is 5.97 Å². The van der Waals surface area contributed by atoms with Gasteiger partial charge < -0.3 is 5.11 Å². The van der Waals surface area contributed by atoms with Crippen molar-refractivity contribution in [2.75, 3.05) is 0 Å². The Hall–Kier alpha value is -2.68. The molecule has 2 heterocycles. The average Bonchev–Trinajstić information content (AvgIpc) is 2.77. The lowest BCUT2D eigenvalue weighted by atomic mass is 10.1. The van der Waals surface area contributed by atoms with Gasteiger partial charge in [0.1, 0.15) is 6.07 Å². The van der Waals surface area contributed by atoms with Gasteiger partial charge in [0.15, 0.2) is 11.5 Å². The van der Waals surface area contributed by atoms with Crippen molar-refractivity contribution in [2.45, 2.75) is 13.8 Å². The SMILES string of the molecule is Cc1cc(C)c(C#N)c(-n2ccc(C(=O)O)n2)n1. The maximum atomic E-state index is 10.8. The summed E-state index contributed by atoms with van der Waals surface area (Å²) < 4.78 is 1.31. The summed E-state index contributed by atoms with van der Waals surface area (Å²) in [6, 6.07) is 5.22. The maximum Gasteiger partial charge on any atom is 0.356 e. The van der Waals surface area contributed by atoms with Crippen molar-refractivity contribution in [2.24, 2.45) is 0 Å². The minimum Gasteiger partial charge on any atom is -0.476 e. The minimum absolute atomic E-state index is 0.0835. The Morgan fingerprint density at radius 1 is 1.50 bits per heavy atom. The average molecular weight is 242 g/mol. The molecule has 6 heteroatoms. The quantitative estimate of drug-likeness (QED) is 0.860. The summed E-state index contributed by atoms with van der Waals surface area (Å²) in [5.74, 6) is -0.765. The molecular formula is C12H10N4O2. The molecule has 90 valence electrons. The van der Waals surface area contributed by atoms with Gasteiger partial charge >= 0.3 is 5.97 Å². The molecule has 0 amide bonds. The fourth-order valence-electron chi connectivity index (χ4n) is 1.68. The fraction of sp³-hybridized carbons (Fsp3) is 0.167. The van der Waals surface area contributed by atoms with Crippen molar-refractivity contribution in [3.8, 4) is 11.9 Å². The van der Waals surface area contributed by atoms with Crippen LogP contribution in [0.3, 0.4) is 0 Å². The van der Waals surface area contributed by atoms with Gasteiger partial charge in [0.2, 0.25) is 0 Å².